The van der Waals surface area contributed by atoms with E-state index in [9.17, 15) is 4.79 Å². The Bertz CT molecular complexity index is 743. The lowest BCUT2D eigenvalue weighted by Gasteiger charge is -2.10. The van der Waals surface area contributed by atoms with E-state index >= 15 is 0 Å². The zero-order valence-corrected chi connectivity index (χ0v) is 13.2. The van der Waals surface area contributed by atoms with Gasteiger partial charge in [-0.05, 0) is 36.2 Å². The second-order valence-corrected chi connectivity index (χ2v) is 5.16. The minimum atomic E-state index is -0.250. The van der Waals surface area contributed by atoms with Crippen LogP contribution in [-0.4, -0.2) is 41.5 Å². The number of carboxylic acid groups (broad SMARTS) is 1. The van der Waals surface area contributed by atoms with Gasteiger partial charge < -0.3 is 14.7 Å². The monoisotopic (exact) mass is 314 g/mol. The summed E-state index contributed by atoms with van der Waals surface area (Å²) >= 11 is 0. The van der Waals surface area contributed by atoms with E-state index in [-0.39, 0.29) is 12.4 Å². The van der Waals surface area contributed by atoms with E-state index < -0.39 is 0 Å². The molecule has 1 aromatic heterocycles. The number of pyridine rings is 1. The van der Waals surface area contributed by atoms with Crippen LogP contribution < -0.4 is 4.74 Å². The van der Waals surface area contributed by atoms with E-state index in [0.29, 0.717) is 6.54 Å². The molecule has 2 heterocycles. The lowest BCUT2D eigenvalue weighted by molar-refractivity contribution is -0.122. The third-order valence-corrected chi connectivity index (χ3v) is 3.62. The SMILES string of the molecule is COc1cnc(C)cc1-c1ccc2c(c1)CN(C)C2=O.O=CO. The molecular weight excluding hydrogens is 296 g/mol. The third kappa shape index (κ3) is 3.31. The minimum Gasteiger partial charge on any atom is -0.494 e. The van der Waals surface area contributed by atoms with Crippen LogP contribution in [0.4, 0.5) is 0 Å². The molecule has 1 N–H and O–H groups in total. The molecule has 3 rings (SSSR count). The Morgan fingerprint density at radius 3 is 2.65 bits per heavy atom. The molecule has 23 heavy (non-hydrogen) atoms. The summed E-state index contributed by atoms with van der Waals surface area (Å²) in [6.45, 7) is 2.36. The van der Waals surface area contributed by atoms with Crippen LogP contribution in [0.15, 0.2) is 30.5 Å². The van der Waals surface area contributed by atoms with Crippen LogP contribution in [0.5, 0.6) is 5.75 Å². The second kappa shape index (κ2) is 6.91. The number of carbonyl (C=O) groups is 2. The van der Waals surface area contributed by atoms with Gasteiger partial charge >= 0.3 is 0 Å². The molecule has 6 heteroatoms. The van der Waals surface area contributed by atoms with Crippen LogP contribution in [0.1, 0.15) is 21.6 Å². The van der Waals surface area contributed by atoms with Crippen molar-refractivity contribution < 1.29 is 19.4 Å². The number of fused-ring (bicyclic) bond motifs is 1. The zero-order chi connectivity index (χ0) is 17.0. The van der Waals surface area contributed by atoms with Gasteiger partial charge in [-0.1, -0.05) is 6.07 Å². The van der Waals surface area contributed by atoms with E-state index in [1.807, 2.05) is 32.2 Å². The van der Waals surface area contributed by atoms with Crippen molar-refractivity contribution in [3.63, 3.8) is 0 Å². The van der Waals surface area contributed by atoms with Crippen molar-refractivity contribution in [1.82, 2.24) is 9.88 Å². The van der Waals surface area contributed by atoms with Crippen molar-refractivity contribution in [2.24, 2.45) is 0 Å². The molecule has 0 saturated heterocycles. The fourth-order valence-electron chi connectivity index (χ4n) is 2.57. The van der Waals surface area contributed by atoms with E-state index in [4.69, 9.17) is 14.6 Å². The molecule has 0 bridgehead atoms. The summed E-state index contributed by atoms with van der Waals surface area (Å²) in [7, 11) is 3.46. The number of hydrogen-bond donors (Lipinski definition) is 1. The molecule has 0 fully saturated rings. The molecule has 1 aromatic carbocycles. The fourth-order valence-corrected chi connectivity index (χ4v) is 2.57. The lowest BCUT2D eigenvalue weighted by atomic mass is 10.00. The second-order valence-electron chi connectivity index (χ2n) is 5.16. The van der Waals surface area contributed by atoms with E-state index in [1.165, 1.54) is 0 Å². The highest BCUT2D eigenvalue weighted by Gasteiger charge is 2.24. The first-order chi connectivity index (χ1) is 11.0. The summed E-state index contributed by atoms with van der Waals surface area (Å²) in [5.41, 5.74) is 4.85. The summed E-state index contributed by atoms with van der Waals surface area (Å²) in [4.78, 5) is 26.2. The van der Waals surface area contributed by atoms with Crippen LogP contribution in [0.25, 0.3) is 11.1 Å². The predicted octanol–water partition coefficient (Wildman–Crippen LogP) is 2.35. The van der Waals surface area contributed by atoms with Gasteiger partial charge in [0.1, 0.15) is 5.75 Å². The van der Waals surface area contributed by atoms with Crippen molar-refractivity contribution in [3.8, 4) is 16.9 Å². The first-order valence-electron chi connectivity index (χ1n) is 6.99. The highest BCUT2D eigenvalue weighted by Crippen LogP contribution is 2.33. The first kappa shape index (κ1) is 16.5. The van der Waals surface area contributed by atoms with Crippen LogP contribution in [-0.2, 0) is 11.3 Å². The molecule has 6 nitrogen and oxygen atoms in total. The van der Waals surface area contributed by atoms with Crippen LogP contribution >= 0.6 is 0 Å². The summed E-state index contributed by atoms with van der Waals surface area (Å²) in [5, 5.41) is 6.89. The molecule has 120 valence electrons. The van der Waals surface area contributed by atoms with Crippen molar-refractivity contribution in [2.45, 2.75) is 13.5 Å². The molecule has 0 radical (unpaired) electrons. The lowest BCUT2D eigenvalue weighted by Crippen LogP contribution is -2.17. The number of carbonyl (C=O) groups excluding carboxylic acids is 1. The maximum absolute atomic E-state index is 11.9. The van der Waals surface area contributed by atoms with E-state index in [1.54, 1.807) is 18.2 Å². The number of ether oxygens (including phenoxy) is 1. The summed E-state index contributed by atoms with van der Waals surface area (Å²) in [6.07, 6.45) is 1.73. The number of amides is 1. The average Bonchev–Trinajstić information content (AvgIpc) is 2.82. The number of benzene rings is 1. The molecule has 0 unspecified atom stereocenters. The van der Waals surface area contributed by atoms with Crippen molar-refractivity contribution in [1.29, 1.82) is 0 Å². The number of nitrogens with zero attached hydrogens (tertiary/aromatic N) is 2. The van der Waals surface area contributed by atoms with E-state index in [2.05, 4.69) is 11.1 Å². The highest BCUT2D eigenvalue weighted by atomic mass is 16.5. The van der Waals surface area contributed by atoms with E-state index in [0.717, 1.165) is 33.7 Å². The zero-order valence-electron chi connectivity index (χ0n) is 13.2. The Morgan fingerprint density at radius 1 is 1.30 bits per heavy atom. The third-order valence-electron chi connectivity index (χ3n) is 3.62. The van der Waals surface area contributed by atoms with Gasteiger partial charge in [0, 0.05) is 30.4 Å². The first-order valence-corrected chi connectivity index (χ1v) is 6.99. The van der Waals surface area contributed by atoms with Gasteiger partial charge in [-0.15, -0.1) is 0 Å². The Kier molecular flexibility index (Phi) is 4.95. The van der Waals surface area contributed by atoms with Gasteiger partial charge in [0.15, 0.2) is 0 Å². The molecule has 1 aliphatic heterocycles. The van der Waals surface area contributed by atoms with Gasteiger partial charge in [-0.3, -0.25) is 14.6 Å². The quantitative estimate of drug-likeness (QED) is 0.861. The normalized spacial score (nSPS) is 12.3. The largest absolute Gasteiger partial charge is 0.494 e. The van der Waals surface area contributed by atoms with Crippen molar-refractivity contribution >= 4 is 12.4 Å². The predicted molar refractivity (Wildman–Crippen MR) is 85.5 cm³/mol. The maximum atomic E-state index is 11.9. The number of hydrogen-bond acceptors (Lipinski definition) is 4. The van der Waals surface area contributed by atoms with Crippen LogP contribution in [0.2, 0.25) is 0 Å². The fraction of sp³-hybridized carbons (Fsp3) is 0.235. The standard InChI is InChI=1S/C16H16N2O2.CH2O2/c1-10-6-14(15(20-3)8-17-10)11-4-5-13-12(7-11)9-18(2)16(13)19;2-1-3/h4-8H,9H2,1-3H3;1H,(H,2,3). The number of methoxy groups -OCH3 is 1. The molecule has 0 aliphatic carbocycles. The topological polar surface area (TPSA) is 79.7 Å². The summed E-state index contributed by atoms with van der Waals surface area (Å²) in [5.74, 6) is 0.831. The molecular formula is C17H18N2O4. The number of aryl methyl sites for hydroxylation is 1. The van der Waals surface area contributed by atoms with Gasteiger partial charge in [-0.2, -0.15) is 0 Å². The summed E-state index contributed by atoms with van der Waals surface area (Å²) < 4.78 is 5.38. The molecule has 1 amide bonds. The van der Waals surface area contributed by atoms with Crippen LogP contribution in [0, 0.1) is 6.92 Å². The molecule has 0 saturated carbocycles. The Balaban J connectivity index is 0.000000595. The molecule has 1 aliphatic rings. The molecule has 2 aromatic rings. The van der Waals surface area contributed by atoms with Gasteiger partial charge in [0.05, 0.1) is 13.3 Å². The Labute approximate surface area is 134 Å². The van der Waals surface area contributed by atoms with Crippen LogP contribution in [0.3, 0.4) is 0 Å². The number of rotatable bonds is 2. The van der Waals surface area contributed by atoms with Gasteiger partial charge in [-0.25, -0.2) is 0 Å². The van der Waals surface area contributed by atoms with Gasteiger partial charge in [0.25, 0.3) is 12.4 Å². The molecule has 0 atom stereocenters. The Hall–Kier alpha value is -2.89. The average molecular weight is 314 g/mol. The highest BCUT2D eigenvalue weighted by molar-refractivity contribution is 5.98. The van der Waals surface area contributed by atoms with Crippen molar-refractivity contribution in [3.05, 3.63) is 47.3 Å². The van der Waals surface area contributed by atoms with Gasteiger partial charge in [0.2, 0.25) is 0 Å². The van der Waals surface area contributed by atoms with Crippen molar-refractivity contribution in [2.75, 3.05) is 14.2 Å². The minimum absolute atomic E-state index is 0.0874. The smallest absolute Gasteiger partial charge is 0.290 e. The Morgan fingerprint density at radius 2 is 2.00 bits per heavy atom. The number of aromatic nitrogens is 1. The maximum Gasteiger partial charge on any atom is 0.290 e. The summed E-state index contributed by atoms with van der Waals surface area (Å²) in [6, 6.07) is 7.92. The molecule has 0 spiro atoms.